The number of nitrogens with zero attached hydrogens (tertiary/aromatic N) is 1. The molecule has 2 aromatic rings. The van der Waals surface area contributed by atoms with E-state index < -0.39 is 5.91 Å². The van der Waals surface area contributed by atoms with Gasteiger partial charge in [0.25, 0.3) is 5.91 Å². The molecule has 1 aromatic carbocycles. The third-order valence-corrected chi connectivity index (χ3v) is 3.68. The van der Waals surface area contributed by atoms with Crippen molar-refractivity contribution in [2.75, 3.05) is 10.6 Å². The monoisotopic (exact) mass is 321 g/mol. The molecule has 1 aliphatic rings. The molecule has 106 valence electrons. The van der Waals surface area contributed by atoms with Gasteiger partial charge in [0.2, 0.25) is 5.91 Å². The van der Waals surface area contributed by atoms with E-state index in [1.54, 1.807) is 24.3 Å². The number of nitrogens with one attached hydrogen (secondary N) is 2. The Balaban J connectivity index is 1.89. The van der Waals surface area contributed by atoms with Gasteiger partial charge in [-0.3, -0.25) is 9.59 Å². The predicted octanol–water partition coefficient (Wildman–Crippen LogP) is 3.14. The summed E-state index contributed by atoms with van der Waals surface area (Å²) >= 11 is 12.0. The molecule has 0 aliphatic carbocycles. The number of rotatable bonds is 2. The van der Waals surface area contributed by atoms with Crippen LogP contribution in [0.2, 0.25) is 10.2 Å². The molecule has 21 heavy (non-hydrogen) atoms. The number of anilines is 2. The smallest absolute Gasteiger partial charge is 0.258 e. The summed E-state index contributed by atoms with van der Waals surface area (Å²) in [5, 5.41) is 5.82. The van der Waals surface area contributed by atoms with Gasteiger partial charge in [-0.25, -0.2) is 4.98 Å². The van der Waals surface area contributed by atoms with E-state index in [9.17, 15) is 9.59 Å². The molecule has 0 fully saturated rings. The SMILES string of the molecule is O=C1Cc2cc(NC(=O)c3cccnc3Cl)c(Cl)cc2N1. The average Bonchev–Trinajstić information content (AvgIpc) is 2.78. The average molecular weight is 322 g/mol. The first kappa shape index (κ1) is 13.9. The second-order valence-electron chi connectivity index (χ2n) is 4.51. The van der Waals surface area contributed by atoms with Gasteiger partial charge in [0.05, 0.1) is 22.7 Å². The van der Waals surface area contributed by atoms with Crippen LogP contribution in [0.3, 0.4) is 0 Å². The van der Waals surface area contributed by atoms with Crippen LogP contribution >= 0.6 is 23.2 Å². The number of amides is 2. The molecular weight excluding hydrogens is 313 g/mol. The van der Waals surface area contributed by atoms with Gasteiger partial charge in [-0.1, -0.05) is 23.2 Å². The second-order valence-corrected chi connectivity index (χ2v) is 5.28. The summed E-state index contributed by atoms with van der Waals surface area (Å²) in [5.41, 5.74) is 2.14. The Hall–Kier alpha value is -2.11. The van der Waals surface area contributed by atoms with Crippen LogP contribution in [-0.4, -0.2) is 16.8 Å². The number of hydrogen-bond acceptors (Lipinski definition) is 3. The van der Waals surface area contributed by atoms with Gasteiger partial charge in [0.1, 0.15) is 5.15 Å². The van der Waals surface area contributed by atoms with Crippen LogP contribution in [0.15, 0.2) is 30.5 Å². The maximum Gasteiger partial charge on any atom is 0.258 e. The predicted molar refractivity (Wildman–Crippen MR) is 81.0 cm³/mol. The highest BCUT2D eigenvalue weighted by Gasteiger charge is 2.21. The number of hydrogen-bond donors (Lipinski definition) is 2. The highest BCUT2D eigenvalue weighted by molar-refractivity contribution is 6.35. The van der Waals surface area contributed by atoms with E-state index in [0.717, 1.165) is 5.56 Å². The molecule has 5 nitrogen and oxygen atoms in total. The van der Waals surface area contributed by atoms with Gasteiger partial charge < -0.3 is 10.6 Å². The van der Waals surface area contributed by atoms with Crippen LogP contribution in [-0.2, 0) is 11.2 Å². The first-order chi connectivity index (χ1) is 10.0. The topological polar surface area (TPSA) is 71.1 Å². The number of benzene rings is 1. The van der Waals surface area contributed by atoms with Crippen LogP contribution in [0.25, 0.3) is 0 Å². The Labute approximate surface area is 130 Å². The summed E-state index contributed by atoms with van der Waals surface area (Å²) in [4.78, 5) is 27.4. The Morgan fingerprint density at radius 2 is 2.14 bits per heavy atom. The minimum absolute atomic E-state index is 0.0974. The Morgan fingerprint density at radius 3 is 2.90 bits per heavy atom. The van der Waals surface area contributed by atoms with Crippen molar-refractivity contribution < 1.29 is 9.59 Å². The molecule has 0 spiro atoms. The largest absolute Gasteiger partial charge is 0.325 e. The maximum atomic E-state index is 12.2. The van der Waals surface area contributed by atoms with Gasteiger partial charge in [0.15, 0.2) is 0 Å². The van der Waals surface area contributed by atoms with Crippen molar-refractivity contribution in [3.05, 3.63) is 51.8 Å². The lowest BCUT2D eigenvalue weighted by Gasteiger charge is -2.10. The van der Waals surface area contributed by atoms with Crippen molar-refractivity contribution in [1.82, 2.24) is 4.98 Å². The summed E-state index contributed by atoms with van der Waals surface area (Å²) in [6.45, 7) is 0. The first-order valence-electron chi connectivity index (χ1n) is 6.09. The molecule has 2 heterocycles. The van der Waals surface area contributed by atoms with Gasteiger partial charge in [0, 0.05) is 11.9 Å². The van der Waals surface area contributed by atoms with E-state index in [1.807, 2.05) is 0 Å². The van der Waals surface area contributed by atoms with E-state index in [0.29, 0.717) is 16.4 Å². The lowest BCUT2D eigenvalue weighted by Crippen LogP contribution is -2.13. The molecular formula is C14H9Cl2N3O2. The molecule has 2 N–H and O–H groups in total. The standard InChI is InChI=1S/C14H9Cl2N3O2/c15-9-6-10-7(5-12(20)18-10)4-11(9)19-14(21)8-2-1-3-17-13(8)16/h1-4,6H,5H2,(H,18,20)(H,19,21). The molecule has 7 heteroatoms. The molecule has 1 aromatic heterocycles. The van der Waals surface area contributed by atoms with Crippen LogP contribution < -0.4 is 10.6 Å². The van der Waals surface area contributed by atoms with Gasteiger partial charge in [-0.15, -0.1) is 0 Å². The normalized spacial score (nSPS) is 12.8. The fourth-order valence-electron chi connectivity index (χ4n) is 2.09. The minimum Gasteiger partial charge on any atom is -0.325 e. The lowest BCUT2D eigenvalue weighted by molar-refractivity contribution is -0.115. The van der Waals surface area contributed by atoms with Crippen LogP contribution in [0, 0.1) is 0 Å². The molecule has 3 rings (SSSR count). The van der Waals surface area contributed by atoms with Crippen molar-refractivity contribution in [3.63, 3.8) is 0 Å². The Morgan fingerprint density at radius 1 is 1.33 bits per heavy atom. The number of halogens is 2. The Bertz CT molecular complexity index is 762. The summed E-state index contributed by atoms with van der Waals surface area (Å²) in [7, 11) is 0. The summed E-state index contributed by atoms with van der Waals surface area (Å²) in [6.07, 6.45) is 1.77. The fourth-order valence-corrected chi connectivity index (χ4v) is 2.51. The van der Waals surface area contributed by atoms with Crippen LogP contribution in [0.4, 0.5) is 11.4 Å². The number of carbonyl (C=O) groups excluding carboxylic acids is 2. The van der Waals surface area contributed by atoms with E-state index in [-0.39, 0.29) is 23.0 Å². The quantitative estimate of drug-likeness (QED) is 0.835. The van der Waals surface area contributed by atoms with Crippen molar-refractivity contribution in [2.24, 2.45) is 0 Å². The third kappa shape index (κ3) is 2.70. The molecule has 0 saturated heterocycles. The molecule has 2 amide bonds. The second kappa shape index (κ2) is 5.35. The molecule has 0 radical (unpaired) electrons. The fraction of sp³-hybridized carbons (Fsp3) is 0.0714. The highest BCUT2D eigenvalue weighted by Crippen LogP contribution is 2.33. The lowest BCUT2D eigenvalue weighted by atomic mass is 10.1. The van der Waals surface area contributed by atoms with Crippen LogP contribution in [0.5, 0.6) is 0 Å². The summed E-state index contributed by atoms with van der Waals surface area (Å²) in [6, 6.07) is 6.48. The summed E-state index contributed by atoms with van der Waals surface area (Å²) < 4.78 is 0. The van der Waals surface area contributed by atoms with Gasteiger partial charge in [-0.2, -0.15) is 0 Å². The van der Waals surface area contributed by atoms with Crippen molar-refractivity contribution in [3.8, 4) is 0 Å². The molecule has 1 aliphatic heterocycles. The third-order valence-electron chi connectivity index (χ3n) is 3.07. The minimum atomic E-state index is -0.410. The zero-order valence-electron chi connectivity index (χ0n) is 10.6. The zero-order valence-corrected chi connectivity index (χ0v) is 12.1. The van der Waals surface area contributed by atoms with Crippen molar-refractivity contribution >= 4 is 46.4 Å². The van der Waals surface area contributed by atoms with Gasteiger partial charge >= 0.3 is 0 Å². The zero-order chi connectivity index (χ0) is 15.0. The Kier molecular flexibility index (Phi) is 3.53. The molecule has 0 atom stereocenters. The number of aromatic nitrogens is 1. The van der Waals surface area contributed by atoms with Crippen LogP contribution in [0.1, 0.15) is 15.9 Å². The maximum absolute atomic E-state index is 12.2. The molecule has 0 saturated carbocycles. The number of fused-ring (bicyclic) bond motifs is 1. The van der Waals surface area contributed by atoms with E-state index in [4.69, 9.17) is 23.2 Å². The molecule has 0 bridgehead atoms. The van der Waals surface area contributed by atoms with Crippen molar-refractivity contribution in [1.29, 1.82) is 0 Å². The highest BCUT2D eigenvalue weighted by atomic mass is 35.5. The van der Waals surface area contributed by atoms with E-state index in [2.05, 4.69) is 15.6 Å². The van der Waals surface area contributed by atoms with Gasteiger partial charge in [-0.05, 0) is 29.8 Å². The summed E-state index contributed by atoms with van der Waals surface area (Å²) in [5.74, 6) is -0.507. The number of carbonyl (C=O) groups is 2. The first-order valence-corrected chi connectivity index (χ1v) is 6.84. The van der Waals surface area contributed by atoms with E-state index in [1.165, 1.54) is 6.20 Å². The molecule has 0 unspecified atom stereocenters. The number of pyridine rings is 1. The van der Waals surface area contributed by atoms with E-state index >= 15 is 0 Å². The van der Waals surface area contributed by atoms with Crippen molar-refractivity contribution in [2.45, 2.75) is 6.42 Å².